The van der Waals surface area contributed by atoms with E-state index < -0.39 is 0 Å². The largest absolute Gasteiger partial charge is 0.352 e. The monoisotopic (exact) mass is 267 g/mol. The SMILES string of the molecule is O=C(NCCc1nccs1)c1ccnc(Cl)c1. The Bertz CT molecular complexity index is 501. The molecule has 0 saturated carbocycles. The van der Waals surface area contributed by atoms with E-state index in [1.165, 1.54) is 6.20 Å². The molecule has 0 atom stereocenters. The lowest BCUT2D eigenvalue weighted by Crippen LogP contribution is -2.25. The first-order chi connectivity index (χ1) is 8.25. The van der Waals surface area contributed by atoms with E-state index in [-0.39, 0.29) is 5.91 Å². The molecule has 0 aliphatic carbocycles. The molecule has 0 aromatic carbocycles. The smallest absolute Gasteiger partial charge is 0.251 e. The number of nitrogens with zero attached hydrogens (tertiary/aromatic N) is 2. The topological polar surface area (TPSA) is 54.9 Å². The van der Waals surface area contributed by atoms with Crippen molar-refractivity contribution in [1.82, 2.24) is 15.3 Å². The summed E-state index contributed by atoms with van der Waals surface area (Å²) >= 11 is 7.28. The second-order valence-electron chi connectivity index (χ2n) is 3.30. The zero-order chi connectivity index (χ0) is 12.1. The normalized spacial score (nSPS) is 10.2. The van der Waals surface area contributed by atoms with Gasteiger partial charge in [-0.25, -0.2) is 9.97 Å². The molecule has 0 bridgehead atoms. The van der Waals surface area contributed by atoms with Gasteiger partial charge in [0.2, 0.25) is 0 Å². The van der Waals surface area contributed by atoms with Crippen LogP contribution in [0.1, 0.15) is 15.4 Å². The lowest BCUT2D eigenvalue weighted by Gasteiger charge is -2.03. The third-order valence-electron chi connectivity index (χ3n) is 2.10. The second kappa shape index (κ2) is 5.75. The lowest BCUT2D eigenvalue weighted by molar-refractivity contribution is 0.0954. The van der Waals surface area contributed by atoms with Crippen molar-refractivity contribution < 1.29 is 4.79 Å². The van der Waals surface area contributed by atoms with Crippen molar-refractivity contribution in [1.29, 1.82) is 0 Å². The maximum Gasteiger partial charge on any atom is 0.251 e. The average Bonchev–Trinajstić information content (AvgIpc) is 2.82. The number of thiazole rings is 1. The number of amides is 1. The first kappa shape index (κ1) is 12.0. The van der Waals surface area contributed by atoms with Gasteiger partial charge >= 0.3 is 0 Å². The highest BCUT2D eigenvalue weighted by Crippen LogP contribution is 2.07. The Balaban J connectivity index is 1.85. The summed E-state index contributed by atoms with van der Waals surface area (Å²) in [5.74, 6) is -0.147. The number of aromatic nitrogens is 2. The van der Waals surface area contributed by atoms with Crippen molar-refractivity contribution in [2.75, 3.05) is 6.54 Å². The molecule has 1 N–H and O–H groups in total. The molecule has 2 aromatic rings. The van der Waals surface area contributed by atoms with Gasteiger partial charge in [-0.15, -0.1) is 11.3 Å². The Morgan fingerprint density at radius 2 is 2.29 bits per heavy atom. The van der Waals surface area contributed by atoms with Gasteiger partial charge in [-0.1, -0.05) is 11.6 Å². The summed E-state index contributed by atoms with van der Waals surface area (Å²) < 4.78 is 0. The van der Waals surface area contributed by atoms with Crippen molar-refractivity contribution in [3.05, 3.63) is 45.6 Å². The van der Waals surface area contributed by atoms with Crippen molar-refractivity contribution in [2.45, 2.75) is 6.42 Å². The highest BCUT2D eigenvalue weighted by Gasteiger charge is 2.05. The van der Waals surface area contributed by atoms with Gasteiger partial charge in [0.15, 0.2) is 0 Å². The van der Waals surface area contributed by atoms with Crippen LogP contribution in [0, 0.1) is 0 Å². The molecule has 0 aliphatic heterocycles. The fourth-order valence-electron chi connectivity index (χ4n) is 1.31. The van der Waals surface area contributed by atoms with E-state index in [1.54, 1.807) is 29.7 Å². The van der Waals surface area contributed by atoms with Gasteiger partial charge < -0.3 is 5.32 Å². The van der Waals surface area contributed by atoms with E-state index in [9.17, 15) is 4.79 Å². The number of halogens is 1. The van der Waals surface area contributed by atoms with Crippen molar-refractivity contribution in [2.24, 2.45) is 0 Å². The fourth-order valence-corrected chi connectivity index (χ4v) is 2.10. The predicted octanol–water partition coefficient (Wildman–Crippen LogP) is 2.16. The van der Waals surface area contributed by atoms with E-state index in [0.29, 0.717) is 17.3 Å². The molecule has 0 aliphatic rings. The van der Waals surface area contributed by atoms with Crippen molar-refractivity contribution in [3.8, 4) is 0 Å². The summed E-state index contributed by atoms with van der Waals surface area (Å²) in [6.45, 7) is 0.562. The quantitative estimate of drug-likeness (QED) is 0.864. The molecule has 0 fully saturated rings. The Kier molecular flexibility index (Phi) is 4.06. The maximum absolute atomic E-state index is 11.7. The molecule has 2 rings (SSSR count). The van der Waals surface area contributed by atoms with Crippen LogP contribution in [0.15, 0.2) is 29.9 Å². The van der Waals surface area contributed by atoms with Crippen molar-refractivity contribution >= 4 is 28.8 Å². The van der Waals surface area contributed by atoms with Gasteiger partial charge in [-0.05, 0) is 12.1 Å². The van der Waals surface area contributed by atoms with Crippen LogP contribution in [0.3, 0.4) is 0 Å². The Morgan fingerprint density at radius 1 is 1.41 bits per heavy atom. The van der Waals surface area contributed by atoms with Crippen LogP contribution in [0.4, 0.5) is 0 Å². The summed E-state index contributed by atoms with van der Waals surface area (Å²) in [5.41, 5.74) is 0.518. The van der Waals surface area contributed by atoms with Crippen molar-refractivity contribution in [3.63, 3.8) is 0 Å². The molecule has 2 aromatic heterocycles. The van der Waals surface area contributed by atoms with Gasteiger partial charge in [-0.2, -0.15) is 0 Å². The standard InChI is InChI=1S/C11H10ClN3OS/c12-9-7-8(1-3-13-9)11(16)15-4-2-10-14-5-6-17-10/h1,3,5-7H,2,4H2,(H,15,16). The minimum absolute atomic E-state index is 0.147. The Morgan fingerprint density at radius 3 is 3.00 bits per heavy atom. The van der Waals surface area contributed by atoms with E-state index in [0.717, 1.165) is 11.4 Å². The Hall–Kier alpha value is -1.46. The molecule has 0 unspecified atom stereocenters. The molecule has 4 nitrogen and oxygen atoms in total. The van der Waals surface area contributed by atoms with E-state index in [4.69, 9.17) is 11.6 Å². The average molecular weight is 268 g/mol. The Labute approximate surface area is 108 Å². The molecule has 88 valence electrons. The molecule has 2 heterocycles. The highest BCUT2D eigenvalue weighted by molar-refractivity contribution is 7.09. The number of rotatable bonds is 4. The molecule has 0 spiro atoms. The second-order valence-corrected chi connectivity index (χ2v) is 4.67. The summed E-state index contributed by atoms with van der Waals surface area (Å²) in [7, 11) is 0. The first-order valence-corrected chi connectivity index (χ1v) is 6.29. The van der Waals surface area contributed by atoms with Crippen LogP contribution in [0.25, 0.3) is 0 Å². The predicted molar refractivity (Wildman–Crippen MR) is 67.4 cm³/mol. The molecule has 17 heavy (non-hydrogen) atoms. The summed E-state index contributed by atoms with van der Waals surface area (Å²) in [4.78, 5) is 19.7. The van der Waals surface area contributed by atoms with Crippen LogP contribution >= 0.6 is 22.9 Å². The zero-order valence-electron chi connectivity index (χ0n) is 8.89. The highest BCUT2D eigenvalue weighted by atomic mass is 35.5. The van der Waals surface area contributed by atoms with Gasteiger partial charge in [0, 0.05) is 36.3 Å². The molecule has 0 radical (unpaired) electrons. The fraction of sp³-hybridized carbons (Fsp3) is 0.182. The van der Waals surface area contributed by atoms with E-state index in [2.05, 4.69) is 15.3 Å². The lowest BCUT2D eigenvalue weighted by atomic mass is 10.2. The number of pyridine rings is 1. The number of carbonyl (C=O) groups is 1. The third-order valence-corrected chi connectivity index (χ3v) is 3.14. The third kappa shape index (κ3) is 3.51. The van der Waals surface area contributed by atoms with E-state index >= 15 is 0 Å². The number of nitrogens with one attached hydrogen (secondary N) is 1. The van der Waals surface area contributed by atoms with Crippen LogP contribution in [-0.2, 0) is 6.42 Å². The molecular formula is C11H10ClN3OS. The maximum atomic E-state index is 11.7. The van der Waals surface area contributed by atoms with Crippen LogP contribution in [-0.4, -0.2) is 22.4 Å². The zero-order valence-corrected chi connectivity index (χ0v) is 10.5. The minimum Gasteiger partial charge on any atom is -0.352 e. The van der Waals surface area contributed by atoms with Crippen LogP contribution in [0.2, 0.25) is 5.15 Å². The van der Waals surface area contributed by atoms with E-state index in [1.807, 2.05) is 5.38 Å². The summed E-state index contributed by atoms with van der Waals surface area (Å²) in [6, 6.07) is 3.17. The molecular weight excluding hydrogens is 258 g/mol. The molecule has 0 saturated heterocycles. The minimum atomic E-state index is -0.147. The summed E-state index contributed by atoms with van der Waals surface area (Å²) in [6.07, 6.45) is 4.00. The first-order valence-electron chi connectivity index (χ1n) is 5.04. The number of hydrogen-bond acceptors (Lipinski definition) is 4. The molecule has 1 amide bonds. The molecule has 6 heteroatoms. The number of carbonyl (C=O) groups excluding carboxylic acids is 1. The van der Waals surface area contributed by atoms with Crippen LogP contribution in [0.5, 0.6) is 0 Å². The van der Waals surface area contributed by atoms with Crippen LogP contribution < -0.4 is 5.32 Å². The van der Waals surface area contributed by atoms with Gasteiger partial charge in [0.25, 0.3) is 5.91 Å². The van der Waals surface area contributed by atoms with Gasteiger partial charge in [-0.3, -0.25) is 4.79 Å². The summed E-state index contributed by atoms with van der Waals surface area (Å²) in [5, 5.41) is 6.05. The van der Waals surface area contributed by atoms with Gasteiger partial charge in [0.05, 0.1) is 5.01 Å². The van der Waals surface area contributed by atoms with Gasteiger partial charge in [0.1, 0.15) is 5.15 Å². The number of hydrogen-bond donors (Lipinski definition) is 1.